The molecule has 4 nitrogen and oxygen atoms in total. The first-order valence-electron chi connectivity index (χ1n) is 5.91. The maximum absolute atomic E-state index is 12.1. The SMILES string of the molecule is C[C@@H](NC(=O)c1cccc(C#N)c1)c1ccncc1. The normalized spacial score (nSPS) is 11.4. The second-order valence-electron chi connectivity index (χ2n) is 4.17. The highest BCUT2D eigenvalue weighted by Crippen LogP contribution is 2.12. The molecule has 1 aromatic heterocycles. The van der Waals surface area contributed by atoms with Crippen LogP contribution in [0.15, 0.2) is 48.8 Å². The van der Waals surface area contributed by atoms with Gasteiger partial charge in [-0.15, -0.1) is 0 Å². The van der Waals surface area contributed by atoms with Gasteiger partial charge in [-0.3, -0.25) is 9.78 Å². The predicted octanol–water partition coefficient (Wildman–Crippen LogP) is 2.44. The van der Waals surface area contributed by atoms with E-state index in [1.165, 1.54) is 0 Å². The Morgan fingerprint density at radius 3 is 2.74 bits per heavy atom. The van der Waals surface area contributed by atoms with Gasteiger partial charge in [0.1, 0.15) is 0 Å². The van der Waals surface area contributed by atoms with Crippen LogP contribution in [0.5, 0.6) is 0 Å². The lowest BCUT2D eigenvalue weighted by Gasteiger charge is -2.14. The zero-order valence-corrected chi connectivity index (χ0v) is 10.5. The second kappa shape index (κ2) is 5.78. The van der Waals surface area contributed by atoms with Crippen molar-refractivity contribution in [1.82, 2.24) is 10.3 Å². The van der Waals surface area contributed by atoms with Crippen LogP contribution in [0.3, 0.4) is 0 Å². The van der Waals surface area contributed by atoms with Gasteiger partial charge in [0.2, 0.25) is 0 Å². The number of benzene rings is 1. The van der Waals surface area contributed by atoms with E-state index in [0.29, 0.717) is 11.1 Å². The Balaban J connectivity index is 2.11. The predicted molar refractivity (Wildman–Crippen MR) is 71.3 cm³/mol. The molecule has 2 aromatic rings. The van der Waals surface area contributed by atoms with Gasteiger partial charge >= 0.3 is 0 Å². The van der Waals surface area contributed by atoms with Crippen LogP contribution in [0.1, 0.15) is 34.5 Å². The molecule has 1 N–H and O–H groups in total. The van der Waals surface area contributed by atoms with Gasteiger partial charge in [0, 0.05) is 18.0 Å². The van der Waals surface area contributed by atoms with Crippen molar-refractivity contribution in [3.05, 3.63) is 65.5 Å². The van der Waals surface area contributed by atoms with E-state index < -0.39 is 0 Å². The number of nitrogens with zero attached hydrogens (tertiary/aromatic N) is 2. The number of nitrogens with one attached hydrogen (secondary N) is 1. The van der Waals surface area contributed by atoms with Gasteiger partial charge in [-0.2, -0.15) is 5.26 Å². The summed E-state index contributed by atoms with van der Waals surface area (Å²) in [4.78, 5) is 16.0. The molecule has 0 aliphatic heterocycles. The molecule has 4 heteroatoms. The number of nitriles is 1. The number of rotatable bonds is 3. The molecule has 0 spiro atoms. The van der Waals surface area contributed by atoms with Crippen LogP contribution in [0.25, 0.3) is 0 Å². The Kier molecular flexibility index (Phi) is 3.89. The number of pyridine rings is 1. The molecule has 1 atom stereocenters. The van der Waals surface area contributed by atoms with Crippen molar-refractivity contribution in [3.63, 3.8) is 0 Å². The van der Waals surface area contributed by atoms with Gasteiger partial charge < -0.3 is 5.32 Å². The van der Waals surface area contributed by atoms with Crippen molar-refractivity contribution in [2.75, 3.05) is 0 Å². The van der Waals surface area contributed by atoms with E-state index in [4.69, 9.17) is 5.26 Å². The topological polar surface area (TPSA) is 65.8 Å². The van der Waals surface area contributed by atoms with E-state index in [9.17, 15) is 4.79 Å². The Morgan fingerprint density at radius 1 is 1.32 bits per heavy atom. The number of amides is 1. The van der Waals surface area contributed by atoms with Crippen molar-refractivity contribution < 1.29 is 4.79 Å². The van der Waals surface area contributed by atoms with E-state index >= 15 is 0 Å². The first kappa shape index (κ1) is 12.8. The van der Waals surface area contributed by atoms with Crippen LogP contribution in [-0.2, 0) is 0 Å². The van der Waals surface area contributed by atoms with Crippen LogP contribution in [0, 0.1) is 11.3 Å². The van der Waals surface area contributed by atoms with Crippen LogP contribution in [-0.4, -0.2) is 10.9 Å². The molecule has 94 valence electrons. The lowest BCUT2D eigenvalue weighted by atomic mass is 10.1. The van der Waals surface area contributed by atoms with Crippen molar-refractivity contribution in [2.24, 2.45) is 0 Å². The summed E-state index contributed by atoms with van der Waals surface area (Å²) in [7, 11) is 0. The van der Waals surface area contributed by atoms with E-state index in [-0.39, 0.29) is 11.9 Å². The average molecular weight is 251 g/mol. The Bertz CT molecular complexity index is 617. The quantitative estimate of drug-likeness (QED) is 0.911. The average Bonchev–Trinajstić information content (AvgIpc) is 2.48. The fourth-order valence-electron chi connectivity index (χ4n) is 1.75. The molecule has 0 bridgehead atoms. The minimum atomic E-state index is -0.193. The smallest absolute Gasteiger partial charge is 0.251 e. The summed E-state index contributed by atoms with van der Waals surface area (Å²) < 4.78 is 0. The summed E-state index contributed by atoms with van der Waals surface area (Å²) in [5.41, 5.74) is 1.95. The fourth-order valence-corrected chi connectivity index (χ4v) is 1.75. The third-order valence-corrected chi connectivity index (χ3v) is 2.81. The number of hydrogen-bond acceptors (Lipinski definition) is 3. The summed E-state index contributed by atoms with van der Waals surface area (Å²) in [6, 6.07) is 12.3. The number of carbonyl (C=O) groups excluding carboxylic acids is 1. The van der Waals surface area contributed by atoms with Gasteiger partial charge in [-0.05, 0) is 42.8 Å². The van der Waals surface area contributed by atoms with Gasteiger partial charge in [0.15, 0.2) is 0 Å². The lowest BCUT2D eigenvalue weighted by Crippen LogP contribution is -2.26. The van der Waals surface area contributed by atoms with Crippen molar-refractivity contribution >= 4 is 5.91 Å². The third kappa shape index (κ3) is 3.17. The van der Waals surface area contributed by atoms with Crippen molar-refractivity contribution in [1.29, 1.82) is 5.26 Å². The summed E-state index contributed by atoms with van der Waals surface area (Å²) in [6.45, 7) is 1.90. The summed E-state index contributed by atoms with van der Waals surface area (Å²) in [5.74, 6) is -0.193. The highest BCUT2D eigenvalue weighted by atomic mass is 16.1. The first-order chi connectivity index (χ1) is 9.20. The maximum atomic E-state index is 12.1. The minimum Gasteiger partial charge on any atom is -0.346 e. The molecule has 0 unspecified atom stereocenters. The van der Waals surface area contributed by atoms with Gasteiger partial charge in [-0.25, -0.2) is 0 Å². The number of carbonyl (C=O) groups is 1. The molecule has 0 radical (unpaired) electrons. The molecule has 1 heterocycles. The molecule has 19 heavy (non-hydrogen) atoms. The molecule has 2 rings (SSSR count). The van der Waals surface area contributed by atoms with Crippen LogP contribution < -0.4 is 5.32 Å². The molecule has 0 aliphatic carbocycles. The monoisotopic (exact) mass is 251 g/mol. The Morgan fingerprint density at radius 2 is 2.05 bits per heavy atom. The van der Waals surface area contributed by atoms with Crippen LogP contribution in [0.2, 0.25) is 0 Å². The van der Waals surface area contributed by atoms with E-state index in [0.717, 1.165) is 5.56 Å². The molecule has 1 aromatic carbocycles. The molecular formula is C15H13N3O. The second-order valence-corrected chi connectivity index (χ2v) is 4.17. The number of aromatic nitrogens is 1. The molecule has 0 aliphatic rings. The Labute approximate surface area is 111 Å². The summed E-state index contributed by atoms with van der Waals surface area (Å²) in [5, 5.41) is 11.7. The van der Waals surface area contributed by atoms with Crippen LogP contribution in [0.4, 0.5) is 0 Å². The van der Waals surface area contributed by atoms with Crippen molar-refractivity contribution in [3.8, 4) is 6.07 Å². The van der Waals surface area contributed by atoms with Crippen LogP contribution >= 0.6 is 0 Å². The highest BCUT2D eigenvalue weighted by Gasteiger charge is 2.11. The zero-order chi connectivity index (χ0) is 13.7. The summed E-state index contributed by atoms with van der Waals surface area (Å²) in [6.07, 6.45) is 3.38. The minimum absolute atomic E-state index is 0.110. The maximum Gasteiger partial charge on any atom is 0.251 e. The zero-order valence-electron chi connectivity index (χ0n) is 10.5. The van der Waals surface area contributed by atoms with Gasteiger partial charge in [0.25, 0.3) is 5.91 Å². The first-order valence-corrected chi connectivity index (χ1v) is 5.91. The number of hydrogen-bond donors (Lipinski definition) is 1. The molecule has 0 saturated carbocycles. The third-order valence-electron chi connectivity index (χ3n) is 2.81. The van der Waals surface area contributed by atoms with Gasteiger partial charge in [0.05, 0.1) is 17.7 Å². The molecule has 1 amide bonds. The summed E-state index contributed by atoms with van der Waals surface area (Å²) >= 11 is 0. The standard InChI is InChI=1S/C15H13N3O/c1-11(13-5-7-17-8-6-13)18-15(19)14-4-2-3-12(9-14)10-16/h2-9,11H,1H3,(H,18,19)/t11-/m1/s1. The fraction of sp³-hybridized carbons (Fsp3) is 0.133. The van der Waals surface area contributed by atoms with E-state index in [2.05, 4.69) is 10.3 Å². The molecular weight excluding hydrogens is 238 g/mol. The van der Waals surface area contributed by atoms with Gasteiger partial charge in [-0.1, -0.05) is 6.07 Å². The highest BCUT2D eigenvalue weighted by molar-refractivity contribution is 5.94. The molecule has 0 fully saturated rings. The lowest BCUT2D eigenvalue weighted by molar-refractivity contribution is 0.0940. The largest absolute Gasteiger partial charge is 0.346 e. The molecule has 0 saturated heterocycles. The van der Waals surface area contributed by atoms with E-state index in [1.54, 1.807) is 36.7 Å². The Hall–Kier alpha value is -2.67. The van der Waals surface area contributed by atoms with Crippen molar-refractivity contribution in [2.45, 2.75) is 13.0 Å². The van der Waals surface area contributed by atoms with E-state index in [1.807, 2.05) is 25.1 Å².